The van der Waals surface area contributed by atoms with Crippen LogP contribution in [-0.2, 0) is 4.79 Å². The third-order valence-electron chi connectivity index (χ3n) is 4.13. The highest BCUT2D eigenvalue weighted by Gasteiger charge is 2.47. The fraction of sp³-hybridized carbons (Fsp3) is 0.312. The lowest BCUT2D eigenvalue weighted by atomic mass is 9.99. The lowest BCUT2D eigenvalue weighted by Crippen LogP contribution is -2.47. The number of carbonyl (C=O) groups is 1. The van der Waals surface area contributed by atoms with Gasteiger partial charge in [-0.3, -0.25) is 9.79 Å². The van der Waals surface area contributed by atoms with Crippen LogP contribution in [0, 0.1) is 0 Å². The standard InChI is InChI=1S/C16H16F3N5O/c1-20-11-6-8-23(15(25)16(17,18)19)14(13(11)21-2)12-9-10-5-3-4-7-24(10)22-12/h3-5,7,9,14,20H,2,6,8H2,1H3. The molecule has 6 nitrogen and oxygen atoms in total. The third kappa shape index (κ3) is 2.97. The van der Waals surface area contributed by atoms with E-state index in [4.69, 9.17) is 0 Å². The first kappa shape index (κ1) is 17.0. The molecule has 0 saturated heterocycles. The van der Waals surface area contributed by atoms with Gasteiger partial charge in [0.1, 0.15) is 6.04 Å². The number of fused-ring (bicyclic) bond motifs is 1. The fourth-order valence-corrected chi connectivity index (χ4v) is 3.01. The molecule has 9 heteroatoms. The molecule has 1 aliphatic rings. The molecule has 0 bridgehead atoms. The monoisotopic (exact) mass is 351 g/mol. The molecule has 2 aromatic rings. The van der Waals surface area contributed by atoms with Crippen LogP contribution in [0.2, 0.25) is 0 Å². The molecule has 0 aliphatic carbocycles. The van der Waals surface area contributed by atoms with E-state index in [1.54, 1.807) is 42.0 Å². The SMILES string of the molecule is C=NC1=C(NC)CCN(C(=O)C(F)(F)F)C1c1cc2ccccn2n1. The average Bonchev–Trinajstić information content (AvgIpc) is 3.02. The zero-order chi connectivity index (χ0) is 18.2. The number of pyridine rings is 1. The van der Waals surface area contributed by atoms with E-state index in [-0.39, 0.29) is 18.7 Å². The Labute approximate surface area is 141 Å². The van der Waals surface area contributed by atoms with Crippen molar-refractivity contribution in [2.75, 3.05) is 13.6 Å². The number of hydrogen-bond acceptors (Lipinski definition) is 4. The van der Waals surface area contributed by atoms with Crippen LogP contribution in [0.3, 0.4) is 0 Å². The van der Waals surface area contributed by atoms with Crippen molar-refractivity contribution in [1.29, 1.82) is 0 Å². The lowest BCUT2D eigenvalue weighted by Gasteiger charge is -2.36. The molecule has 0 spiro atoms. The third-order valence-corrected chi connectivity index (χ3v) is 4.13. The van der Waals surface area contributed by atoms with Gasteiger partial charge in [0.2, 0.25) is 0 Å². The number of amides is 1. The molecule has 1 aliphatic heterocycles. The Bertz CT molecular complexity index is 822. The van der Waals surface area contributed by atoms with Gasteiger partial charge in [-0.1, -0.05) is 6.07 Å². The Balaban J connectivity index is 2.15. The first-order valence-corrected chi connectivity index (χ1v) is 7.56. The molecule has 3 rings (SSSR count). The Morgan fingerprint density at radius 3 is 2.80 bits per heavy atom. The van der Waals surface area contributed by atoms with Crippen LogP contribution in [0.15, 0.2) is 46.8 Å². The quantitative estimate of drug-likeness (QED) is 0.863. The number of carbonyl (C=O) groups excluding carboxylic acids is 1. The van der Waals surface area contributed by atoms with Gasteiger partial charge in [0.15, 0.2) is 0 Å². The van der Waals surface area contributed by atoms with Gasteiger partial charge in [-0.15, -0.1) is 0 Å². The van der Waals surface area contributed by atoms with Crippen molar-refractivity contribution < 1.29 is 18.0 Å². The van der Waals surface area contributed by atoms with Crippen LogP contribution in [0.4, 0.5) is 13.2 Å². The number of aromatic nitrogens is 2. The lowest BCUT2D eigenvalue weighted by molar-refractivity contribution is -0.187. The minimum Gasteiger partial charge on any atom is -0.390 e. The van der Waals surface area contributed by atoms with Crippen LogP contribution < -0.4 is 5.32 Å². The summed E-state index contributed by atoms with van der Waals surface area (Å²) in [5, 5.41) is 7.25. The van der Waals surface area contributed by atoms with E-state index in [1.165, 1.54) is 0 Å². The molecule has 132 valence electrons. The maximum atomic E-state index is 13.0. The zero-order valence-electron chi connectivity index (χ0n) is 13.4. The van der Waals surface area contributed by atoms with E-state index in [9.17, 15) is 18.0 Å². The predicted molar refractivity (Wildman–Crippen MR) is 86.0 cm³/mol. The molecule has 1 amide bonds. The highest BCUT2D eigenvalue weighted by atomic mass is 19.4. The number of hydrogen-bond donors (Lipinski definition) is 1. The van der Waals surface area contributed by atoms with E-state index < -0.39 is 18.1 Å². The van der Waals surface area contributed by atoms with Gasteiger partial charge in [0.05, 0.1) is 16.9 Å². The first-order chi connectivity index (χ1) is 11.9. The number of nitrogens with zero attached hydrogens (tertiary/aromatic N) is 4. The molecule has 3 heterocycles. The Hall–Kier alpha value is -2.84. The summed E-state index contributed by atoms with van der Waals surface area (Å²) < 4.78 is 40.7. The number of nitrogens with one attached hydrogen (secondary N) is 1. The maximum Gasteiger partial charge on any atom is 0.471 e. The Kier molecular flexibility index (Phi) is 4.23. The molecule has 0 fully saturated rings. The van der Waals surface area contributed by atoms with Gasteiger partial charge in [-0.05, 0) is 24.9 Å². The fourth-order valence-electron chi connectivity index (χ4n) is 3.01. The second kappa shape index (κ2) is 6.23. The Morgan fingerprint density at radius 2 is 2.20 bits per heavy atom. The summed E-state index contributed by atoms with van der Waals surface area (Å²) in [5.41, 5.74) is 1.92. The van der Waals surface area contributed by atoms with Crippen molar-refractivity contribution in [1.82, 2.24) is 19.8 Å². The summed E-state index contributed by atoms with van der Waals surface area (Å²) in [6.07, 6.45) is -3.06. The summed E-state index contributed by atoms with van der Waals surface area (Å²) in [4.78, 5) is 16.6. The van der Waals surface area contributed by atoms with Gasteiger partial charge < -0.3 is 10.2 Å². The Morgan fingerprint density at radius 1 is 1.44 bits per heavy atom. The molecular weight excluding hydrogens is 335 g/mol. The van der Waals surface area contributed by atoms with Crippen molar-refractivity contribution >= 4 is 18.1 Å². The zero-order valence-corrected chi connectivity index (χ0v) is 13.4. The molecule has 2 aromatic heterocycles. The molecule has 1 N–H and O–H groups in total. The van der Waals surface area contributed by atoms with Gasteiger partial charge in [0, 0.05) is 31.9 Å². The second-order valence-corrected chi connectivity index (χ2v) is 5.56. The number of halogens is 3. The predicted octanol–water partition coefficient (Wildman–Crippen LogP) is 2.30. The first-order valence-electron chi connectivity index (χ1n) is 7.56. The van der Waals surface area contributed by atoms with Crippen molar-refractivity contribution in [3.63, 3.8) is 0 Å². The van der Waals surface area contributed by atoms with E-state index in [2.05, 4.69) is 22.1 Å². The van der Waals surface area contributed by atoms with E-state index in [0.717, 1.165) is 4.90 Å². The normalized spacial score (nSPS) is 18.6. The van der Waals surface area contributed by atoms with Crippen LogP contribution >= 0.6 is 0 Å². The topological polar surface area (TPSA) is 62.0 Å². The average molecular weight is 351 g/mol. The largest absolute Gasteiger partial charge is 0.471 e. The van der Waals surface area contributed by atoms with Crippen molar-refractivity contribution in [2.45, 2.75) is 18.6 Å². The molecule has 1 unspecified atom stereocenters. The van der Waals surface area contributed by atoms with Gasteiger partial charge in [-0.25, -0.2) is 4.52 Å². The van der Waals surface area contributed by atoms with Gasteiger partial charge in [0.25, 0.3) is 0 Å². The van der Waals surface area contributed by atoms with Crippen LogP contribution in [0.25, 0.3) is 5.52 Å². The number of aliphatic imine (C=N–C) groups is 1. The smallest absolute Gasteiger partial charge is 0.390 e. The highest BCUT2D eigenvalue weighted by molar-refractivity contribution is 5.83. The minimum atomic E-state index is -4.97. The van der Waals surface area contributed by atoms with Crippen molar-refractivity contribution in [3.05, 3.63) is 47.6 Å². The number of rotatable bonds is 3. The maximum absolute atomic E-state index is 13.0. The molecule has 0 radical (unpaired) electrons. The summed E-state index contributed by atoms with van der Waals surface area (Å²) in [6.45, 7) is 3.38. The van der Waals surface area contributed by atoms with Crippen molar-refractivity contribution in [3.8, 4) is 0 Å². The van der Waals surface area contributed by atoms with Gasteiger partial charge >= 0.3 is 12.1 Å². The van der Waals surface area contributed by atoms with Crippen LogP contribution in [0.5, 0.6) is 0 Å². The molecule has 1 atom stereocenters. The van der Waals surface area contributed by atoms with Crippen LogP contribution in [0.1, 0.15) is 18.2 Å². The second-order valence-electron chi connectivity index (χ2n) is 5.56. The number of alkyl halides is 3. The summed E-state index contributed by atoms with van der Waals surface area (Å²) in [5.74, 6) is -1.91. The molecule has 0 saturated carbocycles. The highest BCUT2D eigenvalue weighted by Crippen LogP contribution is 2.37. The molecule has 25 heavy (non-hydrogen) atoms. The summed E-state index contributed by atoms with van der Waals surface area (Å²) >= 11 is 0. The van der Waals surface area contributed by atoms with E-state index >= 15 is 0 Å². The van der Waals surface area contributed by atoms with Gasteiger partial charge in [-0.2, -0.15) is 18.3 Å². The molecular formula is C16H16F3N5O. The summed E-state index contributed by atoms with van der Waals surface area (Å²) in [6, 6.07) is 5.92. The van der Waals surface area contributed by atoms with E-state index in [0.29, 0.717) is 16.9 Å². The molecule has 0 aromatic carbocycles. The summed E-state index contributed by atoms with van der Waals surface area (Å²) in [7, 11) is 1.66. The van der Waals surface area contributed by atoms with Crippen LogP contribution in [-0.4, -0.2) is 46.9 Å². The minimum absolute atomic E-state index is 0.0912. The van der Waals surface area contributed by atoms with Crippen molar-refractivity contribution in [2.24, 2.45) is 4.99 Å². The van der Waals surface area contributed by atoms with E-state index in [1.807, 2.05) is 0 Å².